The molecule has 0 aliphatic heterocycles. The van der Waals surface area contributed by atoms with Crippen molar-refractivity contribution in [1.82, 2.24) is 4.98 Å². The minimum absolute atomic E-state index is 0.0733. The van der Waals surface area contributed by atoms with Gasteiger partial charge in [0.25, 0.3) is 0 Å². The minimum Gasteiger partial charge on any atom is -0.505 e. The molecule has 4 nitrogen and oxygen atoms in total. The van der Waals surface area contributed by atoms with Crippen LogP contribution in [0.15, 0.2) is 36.5 Å². The predicted octanol–water partition coefficient (Wildman–Crippen LogP) is 2.62. The number of carbonyl (C=O) groups excluding carboxylic acids is 1. The summed E-state index contributed by atoms with van der Waals surface area (Å²) in [6.45, 7) is 2.34. The molecule has 98 valence electrons. The summed E-state index contributed by atoms with van der Waals surface area (Å²) < 4.78 is 5.53. The third kappa shape index (κ3) is 3.17. The van der Waals surface area contributed by atoms with Crippen molar-refractivity contribution < 1.29 is 14.6 Å². The quantitative estimate of drug-likeness (QED) is 0.836. The molecule has 0 spiro atoms. The van der Waals surface area contributed by atoms with Crippen LogP contribution in [0.2, 0.25) is 0 Å². The first kappa shape index (κ1) is 13.2. The van der Waals surface area contributed by atoms with Gasteiger partial charge in [0, 0.05) is 11.8 Å². The van der Waals surface area contributed by atoms with Crippen LogP contribution in [0.1, 0.15) is 27.2 Å². The molecule has 1 aromatic carbocycles. The van der Waals surface area contributed by atoms with Gasteiger partial charge in [0.05, 0.1) is 24.5 Å². The highest BCUT2D eigenvalue weighted by Gasteiger charge is 2.10. The summed E-state index contributed by atoms with van der Waals surface area (Å²) in [7, 11) is 0. The van der Waals surface area contributed by atoms with Crippen LogP contribution in [0.4, 0.5) is 0 Å². The van der Waals surface area contributed by atoms with Crippen molar-refractivity contribution in [3.8, 4) is 5.75 Å². The molecule has 0 aliphatic rings. The van der Waals surface area contributed by atoms with E-state index in [0.29, 0.717) is 24.2 Å². The SMILES string of the molecule is Cc1ncc(COCc2ccccc2)c(C=O)c1O. The summed E-state index contributed by atoms with van der Waals surface area (Å²) in [4.78, 5) is 15.0. The van der Waals surface area contributed by atoms with Crippen molar-refractivity contribution in [2.45, 2.75) is 20.1 Å². The van der Waals surface area contributed by atoms with Gasteiger partial charge in [-0.15, -0.1) is 0 Å². The average molecular weight is 257 g/mol. The first-order valence-corrected chi connectivity index (χ1v) is 5.96. The molecule has 1 aromatic heterocycles. The molecule has 1 heterocycles. The van der Waals surface area contributed by atoms with Crippen molar-refractivity contribution in [3.05, 3.63) is 58.9 Å². The Bertz CT molecular complexity index is 567. The van der Waals surface area contributed by atoms with E-state index in [-0.39, 0.29) is 17.9 Å². The Labute approximate surface area is 111 Å². The topological polar surface area (TPSA) is 59.4 Å². The summed E-state index contributed by atoms with van der Waals surface area (Å²) in [6, 6.07) is 9.75. The van der Waals surface area contributed by atoms with Gasteiger partial charge in [-0.25, -0.2) is 0 Å². The highest BCUT2D eigenvalue weighted by Crippen LogP contribution is 2.22. The van der Waals surface area contributed by atoms with Crippen molar-refractivity contribution in [2.75, 3.05) is 0 Å². The number of benzene rings is 1. The van der Waals surface area contributed by atoms with Gasteiger partial charge >= 0.3 is 0 Å². The number of aldehydes is 1. The first-order chi connectivity index (χ1) is 9.22. The normalized spacial score (nSPS) is 10.4. The Hall–Kier alpha value is -2.20. The molecular weight excluding hydrogens is 242 g/mol. The fourth-order valence-corrected chi connectivity index (χ4v) is 1.75. The van der Waals surface area contributed by atoms with Crippen molar-refractivity contribution in [2.24, 2.45) is 0 Å². The Balaban J connectivity index is 2.04. The Morgan fingerprint density at radius 1 is 1.26 bits per heavy atom. The van der Waals surface area contributed by atoms with E-state index >= 15 is 0 Å². The molecule has 0 aliphatic carbocycles. The fourth-order valence-electron chi connectivity index (χ4n) is 1.75. The van der Waals surface area contributed by atoms with E-state index in [1.54, 1.807) is 13.1 Å². The number of hydrogen-bond donors (Lipinski definition) is 1. The molecule has 0 saturated heterocycles. The van der Waals surface area contributed by atoms with Gasteiger partial charge in [-0.05, 0) is 12.5 Å². The maximum absolute atomic E-state index is 11.0. The summed E-state index contributed by atoms with van der Waals surface area (Å²) in [5.74, 6) is -0.0733. The lowest BCUT2D eigenvalue weighted by Crippen LogP contribution is -2.01. The van der Waals surface area contributed by atoms with Crippen LogP contribution in [0.25, 0.3) is 0 Å². The monoisotopic (exact) mass is 257 g/mol. The van der Waals surface area contributed by atoms with Gasteiger partial charge in [-0.3, -0.25) is 9.78 Å². The van der Waals surface area contributed by atoms with Crippen molar-refractivity contribution in [1.29, 1.82) is 0 Å². The number of rotatable bonds is 5. The smallest absolute Gasteiger partial charge is 0.154 e. The molecule has 0 fully saturated rings. The van der Waals surface area contributed by atoms with Crippen LogP contribution < -0.4 is 0 Å². The van der Waals surface area contributed by atoms with Gasteiger partial charge < -0.3 is 9.84 Å². The first-order valence-electron chi connectivity index (χ1n) is 5.96. The van der Waals surface area contributed by atoms with Crippen LogP contribution >= 0.6 is 0 Å². The Morgan fingerprint density at radius 2 is 2.00 bits per heavy atom. The average Bonchev–Trinajstić information content (AvgIpc) is 2.44. The molecule has 1 N–H and O–H groups in total. The number of aryl methyl sites for hydroxylation is 1. The molecule has 2 aromatic rings. The lowest BCUT2D eigenvalue weighted by Gasteiger charge is -2.09. The summed E-state index contributed by atoms with van der Waals surface area (Å²) in [5, 5.41) is 9.75. The largest absolute Gasteiger partial charge is 0.505 e. The highest BCUT2D eigenvalue weighted by atomic mass is 16.5. The molecule has 4 heteroatoms. The molecule has 0 bridgehead atoms. The summed E-state index contributed by atoms with van der Waals surface area (Å²) >= 11 is 0. The number of aromatic nitrogens is 1. The number of hydrogen-bond acceptors (Lipinski definition) is 4. The van der Waals surface area contributed by atoms with E-state index in [9.17, 15) is 9.90 Å². The number of ether oxygens (including phenoxy) is 1. The maximum Gasteiger partial charge on any atom is 0.154 e. The second kappa shape index (κ2) is 6.11. The van der Waals surface area contributed by atoms with Crippen LogP contribution in [0.3, 0.4) is 0 Å². The second-order valence-corrected chi connectivity index (χ2v) is 4.23. The van der Waals surface area contributed by atoms with Crippen LogP contribution in [-0.2, 0) is 18.0 Å². The molecule has 0 unspecified atom stereocenters. The number of pyridine rings is 1. The molecule has 0 saturated carbocycles. The molecule has 19 heavy (non-hydrogen) atoms. The number of carbonyl (C=O) groups is 1. The maximum atomic E-state index is 11.0. The lowest BCUT2D eigenvalue weighted by atomic mass is 10.1. The zero-order valence-corrected chi connectivity index (χ0v) is 10.7. The number of nitrogens with zero attached hydrogens (tertiary/aromatic N) is 1. The standard InChI is InChI=1S/C15H15NO3/c1-11-15(18)14(8-17)13(7-16-11)10-19-9-12-5-3-2-4-6-12/h2-8,18H,9-10H2,1H3. The molecule has 2 rings (SSSR count). The fraction of sp³-hybridized carbons (Fsp3) is 0.200. The van der Waals surface area contributed by atoms with Crippen LogP contribution in [0, 0.1) is 6.92 Å². The minimum atomic E-state index is -0.0733. The molecule has 0 amide bonds. The third-order valence-corrected chi connectivity index (χ3v) is 2.84. The lowest BCUT2D eigenvalue weighted by molar-refractivity contribution is 0.103. The predicted molar refractivity (Wildman–Crippen MR) is 71.0 cm³/mol. The highest BCUT2D eigenvalue weighted by molar-refractivity contribution is 5.81. The van der Waals surface area contributed by atoms with E-state index in [0.717, 1.165) is 5.56 Å². The summed E-state index contributed by atoms with van der Waals surface area (Å²) in [5.41, 5.74) is 2.34. The molecule has 0 atom stereocenters. The van der Waals surface area contributed by atoms with E-state index in [4.69, 9.17) is 4.74 Å². The van der Waals surface area contributed by atoms with E-state index in [2.05, 4.69) is 4.98 Å². The number of aromatic hydroxyl groups is 1. The Morgan fingerprint density at radius 3 is 2.68 bits per heavy atom. The van der Waals surface area contributed by atoms with Crippen molar-refractivity contribution >= 4 is 6.29 Å². The van der Waals surface area contributed by atoms with Gasteiger partial charge in [-0.1, -0.05) is 30.3 Å². The molecular formula is C15H15NO3. The zero-order chi connectivity index (χ0) is 13.7. The van der Waals surface area contributed by atoms with E-state index in [1.165, 1.54) is 0 Å². The van der Waals surface area contributed by atoms with Gasteiger partial charge in [0.1, 0.15) is 5.75 Å². The van der Waals surface area contributed by atoms with E-state index in [1.807, 2.05) is 30.3 Å². The molecule has 0 radical (unpaired) electrons. The zero-order valence-electron chi connectivity index (χ0n) is 10.7. The van der Waals surface area contributed by atoms with Crippen molar-refractivity contribution in [3.63, 3.8) is 0 Å². The summed E-state index contributed by atoms with van der Waals surface area (Å²) in [6.07, 6.45) is 2.19. The van der Waals surface area contributed by atoms with Crippen LogP contribution in [0.5, 0.6) is 5.75 Å². The van der Waals surface area contributed by atoms with Gasteiger partial charge in [0.2, 0.25) is 0 Å². The van der Waals surface area contributed by atoms with E-state index < -0.39 is 0 Å². The van der Waals surface area contributed by atoms with Crippen LogP contribution in [-0.4, -0.2) is 16.4 Å². The van der Waals surface area contributed by atoms with Gasteiger partial charge in [-0.2, -0.15) is 0 Å². The Kier molecular flexibility index (Phi) is 4.26. The third-order valence-electron chi connectivity index (χ3n) is 2.84. The van der Waals surface area contributed by atoms with Gasteiger partial charge in [0.15, 0.2) is 6.29 Å². The second-order valence-electron chi connectivity index (χ2n) is 4.23.